The van der Waals surface area contributed by atoms with Crippen molar-refractivity contribution in [2.75, 3.05) is 11.9 Å². The summed E-state index contributed by atoms with van der Waals surface area (Å²) >= 11 is 0. The summed E-state index contributed by atoms with van der Waals surface area (Å²) in [5, 5.41) is 2.20. The van der Waals surface area contributed by atoms with Gasteiger partial charge in [0.15, 0.2) is 6.61 Å². The number of carbonyl (C=O) groups excluding carboxylic acids is 1. The lowest BCUT2D eigenvalue weighted by Crippen LogP contribution is -2.36. The number of sulfonamides is 1. The summed E-state index contributed by atoms with van der Waals surface area (Å²) in [6, 6.07) is 8.83. The van der Waals surface area contributed by atoms with Gasteiger partial charge in [0.1, 0.15) is 5.75 Å². The van der Waals surface area contributed by atoms with Gasteiger partial charge in [-0.05, 0) is 55.7 Å². The Morgan fingerprint density at radius 1 is 1.09 bits per heavy atom. The Balaban J connectivity index is 1.62. The van der Waals surface area contributed by atoms with E-state index in [0.29, 0.717) is 5.56 Å². The van der Waals surface area contributed by atoms with E-state index in [2.05, 4.69) is 10.0 Å². The maximum Gasteiger partial charge on any atom is 0.418 e. The summed E-state index contributed by atoms with van der Waals surface area (Å²) in [5.74, 6) is -0.502. The first-order valence-electron chi connectivity index (χ1n) is 10.3. The van der Waals surface area contributed by atoms with Crippen molar-refractivity contribution in [1.82, 2.24) is 4.72 Å². The number of hydrogen-bond donors (Lipinski definition) is 2. The number of halogens is 3. The molecule has 0 heterocycles. The van der Waals surface area contributed by atoms with Crippen molar-refractivity contribution in [1.29, 1.82) is 0 Å². The molecule has 174 valence electrons. The van der Waals surface area contributed by atoms with Crippen LogP contribution in [0.25, 0.3) is 0 Å². The quantitative estimate of drug-likeness (QED) is 0.617. The van der Waals surface area contributed by atoms with Crippen molar-refractivity contribution in [3.8, 4) is 5.75 Å². The molecule has 1 aliphatic rings. The highest BCUT2D eigenvalue weighted by Gasteiger charge is 2.33. The third kappa shape index (κ3) is 6.23. The average molecular weight is 471 g/mol. The molecule has 0 aromatic heterocycles. The Morgan fingerprint density at radius 3 is 2.44 bits per heavy atom. The Labute approximate surface area is 185 Å². The number of nitrogens with one attached hydrogen (secondary N) is 2. The number of aryl methyl sites for hydroxylation is 1. The minimum Gasteiger partial charge on any atom is -0.483 e. The van der Waals surface area contributed by atoms with E-state index in [0.717, 1.165) is 44.2 Å². The molecule has 1 fully saturated rings. The lowest BCUT2D eigenvalue weighted by atomic mass is 9.96. The van der Waals surface area contributed by atoms with E-state index in [4.69, 9.17) is 4.74 Å². The van der Waals surface area contributed by atoms with Crippen molar-refractivity contribution < 1.29 is 31.1 Å². The number of benzene rings is 2. The van der Waals surface area contributed by atoms with Crippen LogP contribution in [-0.2, 0) is 21.0 Å². The van der Waals surface area contributed by atoms with Crippen LogP contribution in [0.4, 0.5) is 18.9 Å². The third-order valence-corrected chi connectivity index (χ3v) is 6.77. The molecule has 0 unspecified atom stereocenters. The van der Waals surface area contributed by atoms with Gasteiger partial charge in [-0.15, -0.1) is 0 Å². The lowest BCUT2D eigenvalue weighted by molar-refractivity contribution is -0.137. The average Bonchev–Trinajstić information content (AvgIpc) is 2.73. The van der Waals surface area contributed by atoms with Crippen LogP contribution < -0.4 is 14.8 Å². The highest BCUT2D eigenvalue weighted by atomic mass is 32.2. The monoisotopic (exact) mass is 470 g/mol. The van der Waals surface area contributed by atoms with Gasteiger partial charge in [0, 0.05) is 6.04 Å². The SMILES string of the molecule is Cc1cc(S(=O)(=O)NC2CCCCC2)ccc1OCC(=O)Nc1ccccc1C(F)(F)F. The van der Waals surface area contributed by atoms with Crippen molar-refractivity contribution in [2.45, 2.75) is 56.1 Å². The fraction of sp³-hybridized carbons (Fsp3) is 0.409. The largest absolute Gasteiger partial charge is 0.483 e. The second-order valence-electron chi connectivity index (χ2n) is 7.76. The van der Waals surface area contributed by atoms with Crippen molar-refractivity contribution in [3.63, 3.8) is 0 Å². The Bertz CT molecular complexity index is 1070. The molecule has 0 bridgehead atoms. The van der Waals surface area contributed by atoms with Crippen LogP contribution >= 0.6 is 0 Å². The van der Waals surface area contributed by atoms with Gasteiger partial charge in [0.05, 0.1) is 16.1 Å². The van der Waals surface area contributed by atoms with Crippen LogP contribution in [0, 0.1) is 6.92 Å². The fourth-order valence-corrected chi connectivity index (χ4v) is 5.02. The number of ether oxygens (including phenoxy) is 1. The molecule has 6 nitrogen and oxygen atoms in total. The van der Waals surface area contributed by atoms with Gasteiger partial charge in [-0.1, -0.05) is 31.4 Å². The van der Waals surface area contributed by atoms with Crippen molar-refractivity contribution >= 4 is 21.6 Å². The number of hydrogen-bond acceptors (Lipinski definition) is 4. The van der Waals surface area contributed by atoms with Crippen LogP contribution in [0.3, 0.4) is 0 Å². The molecule has 0 atom stereocenters. The van der Waals surface area contributed by atoms with Crippen LogP contribution in [0.1, 0.15) is 43.2 Å². The molecular formula is C22H25F3N2O4S. The number of carbonyl (C=O) groups is 1. The zero-order valence-corrected chi connectivity index (χ0v) is 18.4. The summed E-state index contributed by atoms with van der Waals surface area (Å²) in [6.07, 6.45) is 0.119. The molecule has 1 aliphatic carbocycles. The predicted molar refractivity (Wildman–Crippen MR) is 114 cm³/mol. The zero-order chi connectivity index (χ0) is 23.4. The van der Waals surface area contributed by atoms with Gasteiger partial charge in [0.2, 0.25) is 10.0 Å². The molecule has 0 aliphatic heterocycles. The van der Waals surface area contributed by atoms with Gasteiger partial charge in [0.25, 0.3) is 5.91 Å². The Kier molecular flexibility index (Phi) is 7.45. The molecule has 2 aromatic carbocycles. The summed E-state index contributed by atoms with van der Waals surface area (Å²) < 4.78 is 72.6. The molecular weight excluding hydrogens is 445 g/mol. The third-order valence-electron chi connectivity index (χ3n) is 5.25. The molecule has 3 rings (SSSR count). The molecule has 0 spiro atoms. The van der Waals surface area contributed by atoms with Crippen molar-refractivity contribution in [2.24, 2.45) is 0 Å². The lowest BCUT2D eigenvalue weighted by Gasteiger charge is -2.22. The summed E-state index contributed by atoms with van der Waals surface area (Å²) in [5.41, 5.74) is -0.829. The van der Waals surface area contributed by atoms with E-state index >= 15 is 0 Å². The maximum absolute atomic E-state index is 13.0. The molecule has 2 aromatic rings. The molecule has 32 heavy (non-hydrogen) atoms. The first-order chi connectivity index (χ1) is 15.1. The number of amides is 1. The van der Waals surface area contributed by atoms with Gasteiger partial charge < -0.3 is 10.1 Å². The van der Waals surface area contributed by atoms with E-state index in [9.17, 15) is 26.4 Å². The van der Waals surface area contributed by atoms with Crippen LogP contribution in [-0.4, -0.2) is 27.0 Å². The van der Waals surface area contributed by atoms with Crippen LogP contribution in [0.15, 0.2) is 47.4 Å². The van der Waals surface area contributed by atoms with E-state index in [1.807, 2.05) is 0 Å². The normalized spacial score (nSPS) is 15.4. The zero-order valence-electron chi connectivity index (χ0n) is 17.5. The van der Waals surface area contributed by atoms with Gasteiger partial charge in [-0.2, -0.15) is 13.2 Å². The number of rotatable bonds is 7. The van der Waals surface area contributed by atoms with Crippen molar-refractivity contribution in [3.05, 3.63) is 53.6 Å². The molecule has 10 heteroatoms. The van der Waals surface area contributed by atoms with Gasteiger partial charge in [-0.25, -0.2) is 13.1 Å². The Hall–Kier alpha value is -2.59. The Morgan fingerprint density at radius 2 is 1.78 bits per heavy atom. The minimum absolute atomic E-state index is 0.0757. The molecule has 2 N–H and O–H groups in total. The van der Waals surface area contributed by atoms with E-state index in [1.165, 1.54) is 30.3 Å². The molecule has 1 amide bonds. The maximum atomic E-state index is 13.0. The molecule has 0 saturated heterocycles. The summed E-state index contributed by atoms with van der Waals surface area (Å²) in [7, 11) is -3.68. The van der Waals surface area contributed by atoms with E-state index < -0.39 is 34.3 Å². The highest BCUT2D eigenvalue weighted by molar-refractivity contribution is 7.89. The van der Waals surface area contributed by atoms with Gasteiger partial charge in [-0.3, -0.25) is 4.79 Å². The summed E-state index contributed by atoms with van der Waals surface area (Å²) in [6.45, 7) is 1.10. The first kappa shape index (κ1) is 24.1. The number of para-hydroxylation sites is 1. The first-order valence-corrected chi connectivity index (χ1v) is 11.8. The number of alkyl halides is 3. The standard InChI is InChI=1S/C22H25F3N2O4S/c1-15-13-17(32(29,30)27-16-7-3-2-4-8-16)11-12-20(15)31-14-21(28)26-19-10-6-5-9-18(19)22(23,24)25/h5-6,9-13,16,27H,2-4,7-8,14H2,1H3,(H,26,28). The molecule has 0 radical (unpaired) electrons. The highest BCUT2D eigenvalue weighted by Crippen LogP contribution is 2.34. The van der Waals surface area contributed by atoms with E-state index in [1.54, 1.807) is 6.92 Å². The predicted octanol–water partition coefficient (Wildman–Crippen LogP) is 4.64. The topological polar surface area (TPSA) is 84.5 Å². The second kappa shape index (κ2) is 9.91. The van der Waals surface area contributed by atoms with Gasteiger partial charge >= 0.3 is 6.18 Å². The fourth-order valence-electron chi connectivity index (χ4n) is 3.63. The second-order valence-corrected chi connectivity index (χ2v) is 9.48. The van der Waals surface area contributed by atoms with E-state index in [-0.39, 0.29) is 22.4 Å². The van der Waals surface area contributed by atoms with Crippen LogP contribution in [0.5, 0.6) is 5.75 Å². The number of anilines is 1. The minimum atomic E-state index is -4.60. The smallest absolute Gasteiger partial charge is 0.418 e. The van der Waals surface area contributed by atoms with Crippen LogP contribution in [0.2, 0.25) is 0 Å². The summed E-state index contributed by atoms with van der Waals surface area (Å²) in [4.78, 5) is 12.2. The molecule has 1 saturated carbocycles.